The Morgan fingerprint density at radius 1 is 1.45 bits per heavy atom. The highest BCUT2D eigenvalue weighted by Gasteiger charge is 2.21. The first kappa shape index (κ1) is 8.93. The molecule has 5 N–H and O–H groups in total. The van der Waals surface area contributed by atoms with E-state index in [9.17, 15) is 0 Å². The first-order valence-corrected chi connectivity index (χ1v) is 4.11. The molecular formula is C7H17N3O. The van der Waals surface area contributed by atoms with Crippen LogP contribution in [0.15, 0.2) is 0 Å². The van der Waals surface area contributed by atoms with Gasteiger partial charge in [0.05, 0.1) is 12.7 Å². The molecule has 0 radical (unpaired) electrons. The average Bonchev–Trinajstić information content (AvgIpc) is 2.09. The van der Waals surface area contributed by atoms with E-state index < -0.39 is 0 Å². The van der Waals surface area contributed by atoms with E-state index in [1.807, 2.05) is 0 Å². The highest BCUT2D eigenvalue weighted by molar-refractivity contribution is 4.76. The summed E-state index contributed by atoms with van der Waals surface area (Å²) in [5.41, 5.74) is 11.1. The summed E-state index contributed by atoms with van der Waals surface area (Å²) in [6.07, 6.45) is 0.221. The molecule has 0 aromatic rings. The molecule has 1 fully saturated rings. The van der Waals surface area contributed by atoms with Crippen molar-refractivity contribution in [1.82, 2.24) is 5.32 Å². The minimum Gasteiger partial charge on any atom is -0.375 e. The Hall–Kier alpha value is -0.160. The van der Waals surface area contributed by atoms with Gasteiger partial charge < -0.3 is 21.5 Å². The molecule has 4 heteroatoms. The van der Waals surface area contributed by atoms with Crippen molar-refractivity contribution in [2.24, 2.45) is 17.4 Å². The monoisotopic (exact) mass is 159 g/mol. The molecule has 1 rings (SSSR count). The quantitative estimate of drug-likeness (QED) is 0.469. The fourth-order valence-electron chi connectivity index (χ4n) is 1.29. The van der Waals surface area contributed by atoms with Crippen LogP contribution in [0.25, 0.3) is 0 Å². The van der Waals surface area contributed by atoms with Gasteiger partial charge in [-0.05, 0) is 13.1 Å². The summed E-state index contributed by atoms with van der Waals surface area (Å²) in [4.78, 5) is 0. The van der Waals surface area contributed by atoms with Crippen molar-refractivity contribution in [3.8, 4) is 0 Å². The summed E-state index contributed by atoms with van der Waals surface area (Å²) in [5.74, 6) is 0.308. The van der Waals surface area contributed by atoms with E-state index in [-0.39, 0.29) is 6.10 Å². The predicted octanol–water partition coefficient (Wildman–Crippen LogP) is -1.49. The van der Waals surface area contributed by atoms with Crippen LogP contribution in [-0.2, 0) is 4.74 Å². The van der Waals surface area contributed by atoms with E-state index in [2.05, 4.69) is 5.32 Å². The molecule has 1 unspecified atom stereocenters. The van der Waals surface area contributed by atoms with Gasteiger partial charge in [0.2, 0.25) is 0 Å². The standard InChI is InChI=1S/C7H17N3O/c8-3-6(4-9)7-5-10-1-2-11-7/h6-7,10H,1-5,8-9H2. The summed E-state index contributed by atoms with van der Waals surface area (Å²) in [6.45, 7) is 3.84. The van der Waals surface area contributed by atoms with Gasteiger partial charge in [-0.1, -0.05) is 0 Å². The summed E-state index contributed by atoms with van der Waals surface area (Å²) < 4.78 is 5.50. The number of hydrogen-bond acceptors (Lipinski definition) is 4. The molecule has 0 aliphatic carbocycles. The fourth-order valence-corrected chi connectivity index (χ4v) is 1.29. The number of morpholine rings is 1. The van der Waals surface area contributed by atoms with Gasteiger partial charge in [-0.25, -0.2) is 0 Å². The number of ether oxygens (including phenoxy) is 1. The van der Waals surface area contributed by atoms with Crippen LogP contribution in [0.2, 0.25) is 0 Å². The molecule has 0 aromatic heterocycles. The second-order valence-corrected chi connectivity index (χ2v) is 2.84. The zero-order chi connectivity index (χ0) is 8.10. The molecule has 1 saturated heterocycles. The van der Waals surface area contributed by atoms with Crippen molar-refractivity contribution >= 4 is 0 Å². The zero-order valence-corrected chi connectivity index (χ0v) is 6.75. The van der Waals surface area contributed by atoms with Crippen LogP contribution < -0.4 is 16.8 Å². The molecule has 0 amide bonds. The molecule has 0 saturated carbocycles. The molecule has 1 aliphatic heterocycles. The van der Waals surface area contributed by atoms with Crippen molar-refractivity contribution in [1.29, 1.82) is 0 Å². The van der Waals surface area contributed by atoms with Crippen LogP contribution in [0.4, 0.5) is 0 Å². The lowest BCUT2D eigenvalue weighted by atomic mass is 10.0. The predicted molar refractivity (Wildman–Crippen MR) is 44.2 cm³/mol. The van der Waals surface area contributed by atoms with Gasteiger partial charge in [0.25, 0.3) is 0 Å². The summed E-state index contributed by atoms with van der Waals surface area (Å²) in [5, 5.41) is 3.25. The van der Waals surface area contributed by atoms with E-state index >= 15 is 0 Å². The minimum atomic E-state index is 0.221. The molecule has 11 heavy (non-hydrogen) atoms. The van der Waals surface area contributed by atoms with Crippen LogP contribution in [0.5, 0.6) is 0 Å². The molecule has 4 nitrogen and oxygen atoms in total. The Morgan fingerprint density at radius 2 is 2.18 bits per heavy atom. The maximum absolute atomic E-state index is 5.53. The molecule has 0 aromatic carbocycles. The minimum absolute atomic E-state index is 0.221. The van der Waals surface area contributed by atoms with Crippen LogP contribution >= 0.6 is 0 Å². The lowest BCUT2D eigenvalue weighted by Gasteiger charge is -2.29. The lowest BCUT2D eigenvalue weighted by molar-refractivity contribution is -0.00432. The smallest absolute Gasteiger partial charge is 0.0752 e. The van der Waals surface area contributed by atoms with Crippen LogP contribution in [0.3, 0.4) is 0 Å². The number of rotatable bonds is 3. The van der Waals surface area contributed by atoms with Crippen molar-refractivity contribution in [2.45, 2.75) is 6.10 Å². The molecule has 0 spiro atoms. The third kappa shape index (κ3) is 2.41. The van der Waals surface area contributed by atoms with Crippen molar-refractivity contribution < 1.29 is 4.74 Å². The second-order valence-electron chi connectivity index (χ2n) is 2.84. The van der Waals surface area contributed by atoms with E-state index in [1.165, 1.54) is 0 Å². The normalized spacial score (nSPS) is 25.9. The first-order chi connectivity index (χ1) is 5.38. The average molecular weight is 159 g/mol. The maximum atomic E-state index is 5.53. The van der Waals surface area contributed by atoms with E-state index in [0.717, 1.165) is 19.7 Å². The van der Waals surface area contributed by atoms with Crippen molar-refractivity contribution in [3.05, 3.63) is 0 Å². The molecule has 1 atom stereocenters. The van der Waals surface area contributed by atoms with Gasteiger partial charge >= 0.3 is 0 Å². The first-order valence-electron chi connectivity index (χ1n) is 4.11. The highest BCUT2D eigenvalue weighted by atomic mass is 16.5. The molecule has 0 bridgehead atoms. The van der Waals surface area contributed by atoms with Gasteiger partial charge in [-0.15, -0.1) is 0 Å². The highest BCUT2D eigenvalue weighted by Crippen LogP contribution is 2.06. The molecule has 66 valence electrons. The van der Waals surface area contributed by atoms with E-state index in [4.69, 9.17) is 16.2 Å². The molecule has 1 aliphatic rings. The number of nitrogens with two attached hydrogens (primary N) is 2. The van der Waals surface area contributed by atoms with Crippen LogP contribution in [0, 0.1) is 5.92 Å². The van der Waals surface area contributed by atoms with Gasteiger partial charge in [-0.2, -0.15) is 0 Å². The van der Waals surface area contributed by atoms with Gasteiger partial charge in [-0.3, -0.25) is 0 Å². The second kappa shape index (κ2) is 4.66. The van der Waals surface area contributed by atoms with Crippen LogP contribution in [0.1, 0.15) is 0 Å². The topological polar surface area (TPSA) is 73.3 Å². The third-order valence-corrected chi connectivity index (χ3v) is 2.09. The van der Waals surface area contributed by atoms with Gasteiger partial charge in [0, 0.05) is 19.0 Å². The third-order valence-electron chi connectivity index (χ3n) is 2.09. The van der Waals surface area contributed by atoms with Gasteiger partial charge in [0.15, 0.2) is 0 Å². The fraction of sp³-hybridized carbons (Fsp3) is 1.00. The Kier molecular flexibility index (Phi) is 3.79. The Balaban J connectivity index is 2.30. The van der Waals surface area contributed by atoms with Crippen LogP contribution in [-0.4, -0.2) is 38.9 Å². The number of hydrogen-bond donors (Lipinski definition) is 3. The Morgan fingerprint density at radius 3 is 2.64 bits per heavy atom. The number of nitrogens with one attached hydrogen (secondary N) is 1. The van der Waals surface area contributed by atoms with Crippen molar-refractivity contribution in [3.63, 3.8) is 0 Å². The summed E-state index contributed by atoms with van der Waals surface area (Å²) >= 11 is 0. The largest absolute Gasteiger partial charge is 0.375 e. The summed E-state index contributed by atoms with van der Waals surface area (Å²) in [7, 11) is 0. The zero-order valence-electron chi connectivity index (χ0n) is 6.75. The SMILES string of the molecule is NCC(CN)C1CNCCO1. The van der Waals surface area contributed by atoms with Crippen molar-refractivity contribution in [2.75, 3.05) is 32.8 Å². The van der Waals surface area contributed by atoms with E-state index in [1.54, 1.807) is 0 Å². The molecule has 1 heterocycles. The lowest BCUT2D eigenvalue weighted by Crippen LogP contribution is -2.47. The van der Waals surface area contributed by atoms with Gasteiger partial charge in [0.1, 0.15) is 0 Å². The summed E-state index contributed by atoms with van der Waals surface area (Å²) in [6, 6.07) is 0. The Bertz CT molecular complexity index is 99.9. The molecular weight excluding hydrogens is 142 g/mol. The van der Waals surface area contributed by atoms with E-state index in [0.29, 0.717) is 19.0 Å². The maximum Gasteiger partial charge on any atom is 0.0752 e. The Labute approximate surface area is 67.3 Å².